The van der Waals surface area contributed by atoms with Gasteiger partial charge in [-0.3, -0.25) is 4.90 Å². The Labute approximate surface area is 196 Å². The number of likely N-dealkylation sites (tertiary alicyclic amines) is 1. The molecule has 0 radical (unpaired) electrons. The molecule has 2 fully saturated rings. The maximum absolute atomic E-state index is 15.2. The van der Waals surface area contributed by atoms with Gasteiger partial charge in [-0.25, -0.2) is 14.4 Å². The molecule has 2 aromatic rings. The van der Waals surface area contributed by atoms with Gasteiger partial charge in [0.15, 0.2) is 0 Å². The van der Waals surface area contributed by atoms with Gasteiger partial charge >= 0.3 is 0 Å². The number of alkyl halides is 1. The minimum absolute atomic E-state index is 0.252. The van der Waals surface area contributed by atoms with E-state index < -0.39 is 6.17 Å². The Bertz CT molecular complexity index is 1010. The summed E-state index contributed by atoms with van der Waals surface area (Å²) in [5.74, 6) is 0.288. The second-order valence-electron chi connectivity index (χ2n) is 8.13. The van der Waals surface area contributed by atoms with Gasteiger partial charge in [0.05, 0.1) is 40.5 Å². The van der Waals surface area contributed by atoms with E-state index in [1.54, 1.807) is 0 Å². The van der Waals surface area contributed by atoms with Crippen LogP contribution in [0.1, 0.15) is 34.0 Å². The summed E-state index contributed by atoms with van der Waals surface area (Å²) in [6.45, 7) is 10.1. The smallest absolute Gasteiger partial charge is 0.133 e. The molecule has 2 atom stereocenters. The number of ether oxygens (including phenoxy) is 1. The van der Waals surface area contributed by atoms with Crippen LogP contribution in [0.25, 0.3) is 0 Å². The number of benzene rings is 1. The zero-order valence-electron chi connectivity index (χ0n) is 17.6. The quantitative estimate of drug-likeness (QED) is 0.413. The molecule has 2 aliphatic heterocycles. The number of halogens is 3. The molecule has 0 saturated carbocycles. The normalized spacial score (nSPS) is 23.1. The molecular weight excluding hydrogens is 458 g/mol. The number of aromatic nitrogens is 1. The first-order valence-electron chi connectivity index (χ1n) is 10.3. The third-order valence-corrected chi connectivity index (χ3v) is 7.91. The van der Waals surface area contributed by atoms with Crippen molar-refractivity contribution in [1.82, 2.24) is 9.27 Å². The Kier molecular flexibility index (Phi) is 7.08. The molecule has 2 aliphatic rings. The Hall–Kier alpha value is -1.38. The van der Waals surface area contributed by atoms with Crippen molar-refractivity contribution in [2.45, 2.75) is 44.8 Å². The molecule has 0 aliphatic carbocycles. The number of amidine groups is 1. The molecule has 2 saturated heterocycles. The number of hydrogen-bond donors (Lipinski definition) is 0. The van der Waals surface area contributed by atoms with Crippen molar-refractivity contribution >= 4 is 53.0 Å². The first-order chi connectivity index (χ1) is 14.9. The van der Waals surface area contributed by atoms with E-state index in [4.69, 9.17) is 32.9 Å². The number of piperidine rings is 1. The zero-order chi connectivity index (χ0) is 22.1. The largest absolute Gasteiger partial charge is 0.378 e. The summed E-state index contributed by atoms with van der Waals surface area (Å²) >= 11 is 14.2. The van der Waals surface area contributed by atoms with Gasteiger partial charge in [-0.2, -0.15) is 4.37 Å². The average Bonchev–Trinajstić information content (AvgIpc) is 3.00. The van der Waals surface area contributed by atoms with E-state index in [0.29, 0.717) is 54.5 Å². The monoisotopic (exact) mass is 482 g/mol. The minimum atomic E-state index is -0.984. The van der Waals surface area contributed by atoms with Crippen LogP contribution < -0.4 is 0 Å². The molecule has 0 spiro atoms. The van der Waals surface area contributed by atoms with Gasteiger partial charge in [0.2, 0.25) is 0 Å². The van der Waals surface area contributed by atoms with Crippen LogP contribution in [0, 0.1) is 13.8 Å². The molecule has 0 amide bonds. The summed E-state index contributed by atoms with van der Waals surface area (Å²) in [5.41, 5.74) is 3.23. The van der Waals surface area contributed by atoms with Crippen molar-refractivity contribution < 1.29 is 9.13 Å². The van der Waals surface area contributed by atoms with Crippen molar-refractivity contribution in [3.05, 3.63) is 43.9 Å². The van der Waals surface area contributed by atoms with Gasteiger partial charge in [0.1, 0.15) is 12.0 Å². The first-order valence-corrected chi connectivity index (χ1v) is 11.8. The fraction of sp³-hybridized carbons (Fsp3) is 0.500. The zero-order valence-corrected chi connectivity index (χ0v) is 19.9. The standard InChI is InChI=1S/C22H25Cl2FN4OS/c1-12-6-17(23)16(15-4-5-29(9-18(15)25)14-10-30-11-14)7-19(12)27-21(26-3)8-20-22(24)13(2)28-31-20/h6-7,14-15,18H,3-5,8-11H2,1-2H3/b27-21-/t15-,18+/m0/s1. The molecule has 0 unspecified atom stereocenters. The highest BCUT2D eigenvalue weighted by atomic mass is 35.5. The van der Waals surface area contributed by atoms with Crippen molar-refractivity contribution in [1.29, 1.82) is 0 Å². The fourth-order valence-corrected chi connectivity index (χ4v) is 5.44. The number of nitrogens with zero attached hydrogens (tertiary/aromatic N) is 4. The minimum Gasteiger partial charge on any atom is -0.378 e. The highest BCUT2D eigenvalue weighted by molar-refractivity contribution is 7.06. The molecule has 4 rings (SSSR count). The summed E-state index contributed by atoms with van der Waals surface area (Å²) in [6.07, 6.45) is 0.174. The number of aliphatic imine (C=N–C) groups is 2. The molecule has 1 aromatic carbocycles. The van der Waals surface area contributed by atoms with Gasteiger partial charge in [0.25, 0.3) is 0 Å². The van der Waals surface area contributed by atoms with Gasteiger partial charge in [-0.05, 0) is 68.3 Å². The van der Waals surface area contributed by atoms with E-state index in [-0.39, 0.29) is 5.92 Å². The molecule has 0 bridgehead atoms. The summed E-state index contributed by atoms with van der Waals surface area (Å²) in [6, 6.07) is 4.11. The molecule has 9 heteroatoms. The molecule has 0 N–H and O–H groups in total. The van der Waals surface area contributed by atoms with Crippen LogP contribution in [0.3, 0.4) is 0 Å². The highest BCUT2D eigenvalue weighted by Gasteiger charge is 2.36. The second kappa shape index (κ2) is 9.63. The van der Waals surface area contributed by atoms with E-state index in [2.05, 4.69) is 21.0 Å². The SMILES string of the molecule is C=N/C(Cc1snc(C)c1Cl)=N\c1cc([C@@H]2CCN(C3COC3)C[C@H]2F)c(Cl)cc1C. The Morgan fingerprint density at radius 3 is 2.71 bits per heavy atom. The number of rotatable bonds is 5. The Morgan fingerprint density at radius 2 is 2.13 bits per heavy atom. The lowest BCUT2D eigenvalue weighted by Crippen LogP contribution is -2.54. The van der Waals surface area contributed by atoms with Gasteiger partial charge in [-0.15, -0.1) is 0 Å². The van der Waals surface area contributed by atoms with E-state index in [1.807, 2.05) is 26.0 Å². The van der Waals surface area contributed by atoms with Crippen LogP contribution in [0.5, 0.6) is 0 Å². The summed E-state index contributed by atoms with van der Waals surface area (Å²) in [7, 11) is 0. The molecule has 3 heterocycles. The lowest BCUT2D eigenvalue weighted by molar-refractivity contribution is -0.0806. The number of aryl methyl sites for hydroxylation is 2. The average molecular weight is 483 g/mol. The van der Waals surface area contributed by atoms with Crippen molar-refractivity contribution in [2.75, 3.05) is 26.3 Å². The van der Waals surface area contributed by atoms with Crippen LogP contribution in [0.2, 0.25) is 10.0 Å². The van der Waals surface area contributed by atoms with Crippen molar-refractivity contribution in [3.8, 4) is 0 Å². The predicted molar refractivity (Wildman–Crippen MR) is 127 cm³/mol. The summed E-state index contributed by atoms with van der Waals surface area (Å²) < 4.78 is 24.7. The Morgan fingerprint density at radius 1 is 1.35 bits per heavy atom. The third kappa shape index (κ3) is 4.86. The second-order valence-corrected chi connectivity index (χ2v) is 9.77. The number of hydrogen-bond acceptors (Lipinski definition) is 5. The van der Waals surface area contributed by atoms with Crippen LogP contribution in [0.15, 0.2) is 22.1 Å². The van der Waals surface area contributed by atoms with E-state index >= 15 is 4.39 Å². The van der Waals surface area contributed by atoms with Crippen LogP contribution >= 0.6 is 34.7 Å². The van der Waals surface area contributed by atoms with Crippen molar-refractivity contribution in [2.24, 2.45) is 9.98 Å². The summed E-state index contributed by atoms with van der Waals surface area (Å²) in [4.78, 5) is 11.9. The van der Waals surface area contributed by atoms with Gasteiger partial charge in [-0.1, -0.05) is 23.2 Å². The van der Waals surface area contributed by atoms with Gasteiger partial charge < -0.3 is 4.74 Å². The van der Waals surface area contributed by atoms with Crippen LogP contribution in [0.4, 0.5) is 10.1 Å². The topological polar surface area (TPSA) is 50.1 Å². The molecule has 1 aromatic heterocycles. The lowest BCUT2D eigenvalue weighted by atomic mass is 9.86. The maximum atomic E-state index is 15.2. The highest BCUT2D eigenvalue weighted by Crippen LogP contribution is 2.39. The predicted octanol–water partition coefficient (Wildman–Crippen LogP) is 5.57. The van der Waals surface area contributed by atoms with Gasteiger partial charge in [0, 0.05) is 23.9 Å². The van der Waals surface area contributed by atoms with E-state index in [0.717, 1.165) is 33.9 Å². The van der Waals surface area contributed by atoms with Crippen LogP contribution in [-0.2, 0) is 11.2 Å². The first kappa shape index (κ1) is 22.8. The summed E-state index contributed by atoms with van der Waals surface area (Å²) in [5, 5.41) is 1.22. The van der Waals surface area contributed by atoms with E-state index in [1.165, 1.54) is 11.5 Å². The van der Waals surface area contributed by atoms with E-state index in [9.17, 15) is 0 Å². The molecule has 5 nitrogen and oxygen atoms in total. The van der Waals surface area contributed by atoms with Crippen molar-refractivity contribution in [3.63, 3.8) is 0 Å². The van der Waals surface area contributed by atoms with Crippen LogP contribution in [-0.4, -0.2) is 60.3 Å². The fourth-order valence-electron chi connectivity index (χ4n) is 4.06. The lowest BCUT2D eigenvalue weighted by Gasteiger charge is -2.43. The molecule has 31 heavy (non-hydrogen) atoms. The maximum Gasteiger partial charge on any atom is 0.133 e. The molecule has 166 valence electrons. The molecular formula is C22H25Cl2FN4OS. The Balaban J connectivity index is 1.57. The third-order valence-electron chi connectivity index (χ3n) is 6.03.